The molecule has 21 heavy (non-hydrogen) atoms. The summed E-state index contributed by atoms with van der Waals surface area (Å²) in [5.74, 6) is 1.18. The molecular formula is C16H29N2O3+. The summed E-state index contributed by atoms with van der Waals surface area (Å²) in [5.41, 5.74) is 0. The molecule has 1 heterocycles. The van der Waals surface area contributed by atoms with E-state index in [0.717, 1.165) is 25.2 Å². The normalized spacial score (nSPS) is 41.5. The van der Waals surface area contributed by atoms with Crippen LogP contribution in [0.3, 0.4) is 0 Å². The predicted octanol–water partition coefficient (Wildman–Crippen LogP) is 2.27. The number of hydrogen-bond donors (Lipinski definition) is 1. The summed E-state index contributed by atoms with van der Waals surface area (Å²) in [7, 11) is 1.90. The molecule has 0 aromatic carbocycles. The Labute approximate surface area is 127 Å². The lowest BCUT2D eigenvalue weighted by Gasteiger charge is -2.45. The molecule has 5 nitrogen and oxygen atoms in total. The number of ether oxygens (including phenoxy) is 1. The Hall–Kier alpha value is -0.680. The molecule has 2 saturated carbocycles. The van der Waals surface area contributed by atoms with Crippen LogP contribution in [0.1, 0.15) is 57.8 Å². The molecule has 0 aromatic rings. The van der Waals surface area contributed by atoms with Gasteiger partial charge in [-0.25, -0.2) is 0 Å². The van der Waals surface area contributed by atoms with Gasteiger partial charge >= 0.3 is 0 Å². The summed E-state index contributed by atoms with van der Waals surface area (Å²) < 4.78 is 4.61. The van der Waals surface area contributed by atoms with Crippen LogP contribution < -0.4 is 5.32 Å². The highest BCUT2D eigenvalue weighted by Crippen LogP contribution is 2.38. The van der Waals surface area contributed by atoms with Crippen molar-refractivity contribution >= 4 is 0 Å². The van der Waals surface area contributed by atoms with Gasteiger partial charge in [-0.3, -0.25) is 10.1 Å². The Balaban J connectivity index is 1.66. The molecule has 0 radical (unpaired) electrons. The van der Waals surface area contributed by atoms with Crippen LogP contribution in [0.15, 0.2) is 0 Å². The minimum absolute atomic E-state index is 0.0732. The first-order valence-electron chi connectivity index (χ1n) is 8.67. The topological polar surface area (TPSA) is 68.0 Å². The third-order valence-corrected chi connectivity index (χ3v) is 6.14. The largest absolute Gasteiger partial charge is 0.433 e. The van der Waals surface area contributed by atoms with Gasteiger partial charge in [0.2, 0.25) is 6.04 Å². The summed E-state index contributed by atoms with van der Waals surface area (Å²) in [4.78, 5) is 11.0. The first-order chi connectivity index (χ1) is 10.2. The van der Waals surface area contributed by atoms with Crippen molar-refractivity contribution in [2.75, 3.05) is 7.11 Å². The van der Waals surface area contributed by atoms with Gasteiger partial charge in [0.1, 0.15) is 7.11 Å². The van der Waals surface area contributed by atoms with Crippen LogP contribution in [-0.4, -0.2) is 41.0 Å². The number of rotatable bonds is 3. The molecule has 3 rings (SSSR count). The smallest absolute Gasteiger partial charge is 0.213 e. The predicted molar refractivity (Wildman–Crippen MR) is 82.0 cm³/mol. The zero-order valence-corrected chi connectivity index (χ0v) is 13.0. The summed E-state index contributed by atoms with van der Waals surface area (Å²) in [5, 5.41) is 15.0. The van der Waals surface area contributed by atoms with Crippen LogP contribution >= 0.6 is 0 Å². The van der Waals surface area contributed by atoms with Crippen LogP contribution in [-0.2, 0) is 0 Å². The zero-order valence-electron chi connectivity index (χ0n) is 13.0. The minimum atomic E-state index is -0.344. The second kappa shape index (κ2) is 6.61. The lowest BCUT2D eigenvalue weighted by molar-refractivity contribution is -0.529. The maximum atomic E-state index is 11.1. The van der Waals surface area contributed by atoms with Gasteiger partial charge in [0.15, 0.2) is 6.10 Å². The summed E-state index contributed by atoms with van der Waals surface area (Å²) in [6.45, 7) is 0. The van der Waals surface area contributed by atoms with Crippen molar-refractivity contribution in [3.8, 4) is 0 Å². The third kappa shape index (κ3) is 3.24. The average Bonchev–Trinajstić information content (AvgIpc) is 2.54. The zero-order chi connectivity index (χ0) is 14.8. The van der Waals surface area contributed by atoms with Gasteiger partial charge in [0.25, 0.3) is 0 Å². The average molecular weight is 297 g/mol. The molecule has 3 aliphatic rings. The van der Waals surface area contributed by atoms with Crippen LogP contribution in [0, 0.1) is 22.0 Å². The number of nitro groups is 1. The van der Waals surface area contributed by atoms with E-state index < -0.39 is 0 Å². The van der Waals surface area contributed by atoms with Gasteiger partial charge in [-0.05, 0) is 25.2 Å². The molecule has 120 valence electrons. The van der Waals surface area contributed by atoms with Crippen molar-refractivity contribution in [3.63, 3.8) is 0 Å². The number of hydrogen-bond acceptors (Lipinski definition) is 3. The molecule has 1 saturated heterocycles. The monoisotopic (exact) mass is 297 g/mol. The highest BCUT2D eigenvalue weighted by molar-refractivity contribution is 4.98. The van der Waals surface area contributed by atoms with Crippen molar-refractivity contribution in [3.05, 3.63) is 10.1 Å². The molecule has 2 aliphatic carbocycles. The standard InChI is InChI=1S/C16H28N2O3/c1-21-16-10-15(11-5-3-2-4-6-11)17-14-8-7-12(18(19)20)9-13(14)16/h11-17H,2-10H2,1H3/p+1. The Morgan fingerprint density at radius 1 is 1.05 bits per heavy atom. The van der Waals surface area contributed by atoms with Crippen LogP contribution in [0.5, 0.6) is 0 Å². The lowest BCUT2D eigenvalue weighted by atomic mass is 9.70. The van der Waals surface area contributed by atoms with E-state index in [-0.39, 0.29) is 11.0 Å². The van der Waals surface area contributed by atoms with E-state index in [1.165, 1.54) is 32.1 Å². The van der Waals surface area contributed by atoms with Crippen molar-refractivity contribution in [1.29, 1.82) is 0 Å². The first-order valence-corrected chi connectivity index (χ1v) is 8.67. The second-order valence-electron chi connectivity index (χ2n) is 7.26. The van der Waals surface area contributed by atoms with E-state index in [1.807, 2.05) is 7.11 Å². The van der Waals surface area contributed by atoms with Crippen molar-refractivity contribution in [1.82, 2.24) is 5.32 Å². The minimum Gasteiger partial charge on any atom is -0.433 e. The maximum Gasteiger partial charge on any atom is 0.213 e. The lowest BCUT2D eigenvalue weighted by Crippen LogP contribution is -2.60. The van der Waals surface area contributed by atoms with Crippen LogP contribution in [0.2, 0.25) is 0 Å². The van der Waals surface area contributed by atoms with Gasteiger partial charge in [0.05, 0.1) is 5.92 Å². The van der Waals surface area contributed by atoms with E-state index in [2.05, 4.69) is 10.1 Å². The highest BCUT2D eigenvalue weighted by Gasteiger charge is 2.48. The van der Waals surface area contributed by atoms with Gasteiger partial charge in [-0.2, -0.15) is 0 Å². The SMILES string of the molecule is C[OH+]C1CC(C2CCCCC2)NC2CCC([N+](=O)[O-])CC21. The first kappa shape index (κ1) is 15.2. The van der Waals surface area contributed by atoms with Crippen molar-refractivity contribution in [2.45, 2.75) is 82.0 Å². The Bertz CT molecular complexity index is 363. The summed E-state index contributed by atoms with van der Waals surface area (Å²) in [6, 6.07) is 0.700. The number of aliphatic hydroxyl groups is 2. The summed E-state index contributed by atoms with van der Waals surface area (Å²) in [6.07, 6.45) is 10.6. The molecule has 1 aliphatic heterocycles. The molecule has 0 bridgehead atoms. The molecule has 0 amide bonds. The van der Waals surface area contributed by atoms with Crippen LogP contribution in [0.4, 0.5) is 0 Å². The fraction of sp³-hybridized carbons (Fsp3) is 1.00. The number of piperidine rings is 1. The highest BCUT2D eigenvalue weighted by atomic mass is 16.6. The molecule has 5 heteroatoms. The molecule has 2 N–H and O–H groups in total. The number of fused-ring (bicyclic) bond motifs is 1. The third-order valence-electron chi connectivity index (χ3n) is 6.14. The fourth-order valence-corrected chi connectivity index (χ4v) is 4.95. The van der Waals surface area contributed by atoms with Gasteiger partial charge in [-0.1, -0.05) is 19.3 Å². The van der Waals surface area contributed by atoms with E-state index >= 15 is 0 Å². The van der Waals surface area contributed by atoms with E-state index in [1.54, 1.807) is 0 Å². The molecule has 3 fully saturated rings. The van der Waals surface area contributed by atoms with E-state index in [4.69, 9.17) is 0 Å². The Morgan fingerprint density at radius 2 is 1.81 bits per heavy atom. The maximum absolute atomic E-state index is 11.1. The van der Waals surface area contributed by atoms with Crippen molar-refractivity contribution in [2.24, 2.45) is 11.8 Å². The molecule has 5 atom stereocenters. The number of nitrogens with one attached hydrogen (secondary N) is 1. The number of nitrogens with zero attached hydrogens (tertiary/aromatic N) is 1. The molecule has 0 spiro atoms. The Kier molecular flexibility index (Phi) is 4.79. The quantitative estimate of drug-likeness (QED) is 0.493. The van der Waals surface area contributed by atoms with E-state index in [9.17, 15) is 10.1 Å². The fourth-order valence-electron chi connectivity index (χ4n) is 4.95. The second-order valence-corrected chi connectivity index (χ2v) is 7.26. The van der Waals surface area contributed by atoms with Gasteiger partial charge in [-0.15, -0.1) is 0 Å². The molecule has 5 unspecified atom stereocenters. The van der Waals surface area contributed by atoms with E-state index in [0.29, 0.717) is 30.5 Å². The van der Waals surface area contributed by atoms with Gasteiger partial charge < -0.3 is 10.1 Å². The van der Waals surface area contributed by atoms with Crippen LogP contribution in [0.25, 0.3) is 0 Å². The molecule has 0 aromatic heterocycles. The van der Waals surface area contributed by atoms with Crippen molar-refractivity contribution < 1.29 is 9.66 Å². The summed E-state index contributed by atoms with van der Waals surface area (Å²) >= 11 is 0. The Morgan fingerprint density at radius 3 is 2.48 bits per heavy atom. The molecular weight excluding hydrogens is 268 g/mol. The van der Waals surface area contributed by atoms with Gasteiger partial charge in [0, 0.05) is 36.3 Å².